The lowest BCUT2D eigenvalue weighted by Gasteiger charge is -2.59. The first kappa shape index (κ1) is 58.2. The molecule has 3 saturated carbocycles. The lowest BCUT2D eigenvalue weighted by atomic mass is 9.46. The van der Waals surface area contributed by atoms with Gasteiger partial charge in [0.2, 0.25) is 29.4 Å². The average Bonchev–Trinajstić information content (AvgIpc) is 3.99. The molecule has 6 aliphatic rings. The first-order valence-corrected chi connectivity index (χ1v) is 28.5. The highest BCUT2D eigenvalue weighted by molar-refractivity contribution is 8.00. The molecule has 0 radical (unpaired) electrons. The molecule has 1 aromatic rings. The van der Waals surface area contributed by atoms with Crippen LogP contribution in [0.3, 0.4) is 0 Å². The number of alkyl carbamates (subject to hydrolysis) is 1. The number of likely N-dealkylation sites (tertiary alicyclic amines) is 1. The molecule has 7 N–H and O–H groups in total. The number of fused-ring (bicyclic) bond motifs is 7. The van der Waals surface area contributed by atoms with E-state index in [1.54, 1.807) is 56.5 Å². The maximum Gasteiger partial charge on any atom is 0.407 e. The van der Waals surface area contributed by atoms with Crippen LogP contribution in [0.15, 0.2) is 48.1 Å². The van der Waals surface area contributed by atoms with Gasteiger partial charge in [-0.2, -0.15) is 11.8 Å². The van der Waals surface area contributed by atoms with Crippen molar-refractivity contribution in [2.24, 2.45) is 46.2 Å². The van der Waals surface area contributed by atoms with Crippen molar-refractivity contribution >= 4 is 70.6 Å². The number of Topliss-reactive ketones (excluding diaryl/α,β-unsaturated/α-hetero) is 2. The highest BCUT2D eigenvalue weighted by Crippen LogP contribution is 2.69. The molecule has 0 bridgehead atoms. The molecular weight excluding hydrogens is 997 g/mol. The summed E-state index contributed by atoms with van der Waals surface area (Å²) in [5.74, 6) is -3.15. The number of thioether (sulfide) groups is 1. The number of anilines is 1. The summed E-state index contributed by atoms with van der Waals surface area (Å²) in [5, 5.41) is 22.6. The maximum absolute atomic E-state index is 14.6. The fraction of sp³-hybridized carbons (Fsp3) is 0.661. The molecule has 20 heteroatoms. The Bertz CT molecular complexity index is 2450. The lowest BCUT2D eigenvalue weighted by molar-refractivity contribution is -0.200. The number of carbonyl (C=O) groups is 9. The van der Waals surface area contributed by atoms with E-state index < -0.39 is 77.3 Å². The van der Waals surface area contributed by atoms with Gasteiger partial charge >= 0.3 is 12.1 Å². The number of ketones is 3. The second-order valence-corrected chi connectivity index (χ2v) is 23.4. The summed E-state index contributed by atoms with van der Waals surface area (Å²) >= 11 is 1.36. The Hall–Kier alpha value is -5.44. The summed E-state index contributed by atoms with van der Waals surface area (Å²) < 4.78 is 18.8. The van der Waals surface area contributed by atoms with E-state index in [-0.39, 0.29) is 103 Å². The van der Waals surface area contributed by atoms with Gasteiger partial charge in [0.15, 0.2) is 30.1 Å². The third-order valence-electron chi connectivity index (χ3n) is 17.2. The minimum absolute atomic E-state index is 0.0309. The van der Waals surface area contributed by atoms with Gasteiger partial charge < -0.3 is 46.3 Å². The fourth-order valence-corrected chi connectivity index (χ4v) is 14.0. The van der Waals surface area contributed by atoms with Crippen molar-refractivity contribution in [3.63, 3.8) is 0 Å². The number of imide groups is 1. The van der Waals surface area contributed by atoms with E-state index in [9.17, 15) is 48.3 Å². The molecule has 76 heavy (non-hydrogen) atoms. The van der Waals surface area contributed by atoms with Crippen LogP contribution in [-0.4, -0.2) is 124 Å². The van der Waals surface area contributed by atoms with Crippen LogP contribution in [0.1, 0.15) is 130 Å². The number of urea groups is 1. The van der Waals surface area contributed by atoms with Gasteiger partial charge in [-0.1, -0.05) is 71.2 Å². The average molecular weight is 1080 g/mol. The van der Waals surface area contributed by atoms with Gasteiger partial charge in [0.25, 0.3) is 0 Å². The number of benzene rings is 1. The van der Waals surface area contributed by atoms with E-state index in [2.05, 4.69) is 28.2 Å². The molecule has 2 saturated heterocycles. The van der Waals surface area contributed by atoms with E-state index >= 15 is 0 Å². The predicted octanol–water partition coefficient (Wildman–Crippen LogP) is 5.81. The van der Waals surface area contributed by atoms with Crippen LogP contribution in [0.25, 0.3) is 0 Å². The van der Waals surface area contributed by atoms with Gasteiger partial charge in [0.05, 0.1) is 23.5 Å². The number of hydrogen-bond acceptors (Lipinski definition) is 14. The van der Waals surface area contributed by atoms with E-state index in [4.69, 9.17) is 19.9 Å². The highest BCUT2D eigenvalue weighted by atomic mass is 32.2. The molecule has 12 atom stereocenters. The maximum atomic E-state index is 14.6. The third kappa shape index (κ3) is 12.4. The molecule has 2 unspecified atom stereocenters. The predicted molar refractivity (Wildman–Crippen MR) is 283 cm³/mol. The molecule has 416 valence electrons. The summed E-state index contributed by atoms with van der Waals surface area (Å²) in [4.78, 5) is 118. The Morgan fingerprint density at radius 3 is 2.45 bits per heavy atom. The summed E-state index contributed by atoms with van der Waals surface area (Å²) in [6.45, 7) is 9.68. The van der Waals surface area contributed by atoms with Crippen LogP contribution in [0.4, 0.5) is 15.3 Å². The van der Waals surface area contributed by atoms with Crippen molar-refractivity contribution in [2.75, 3.05) is 31.3 Å². The first-order chi connectivity index (χ1) is 36.1. The minimum Gasteiger partial charge on any atom is -0.441 e. The SMILES string of the molecule is CCCC1O[C@@H]2C[C@H]3[C@@H]4CCC5=CC(=O)C=C[C@]5(C)[C@H]4[C@@H](O)C[C@]3(C)[C@]2(C(=O)COC(=O)NCc2ccc(NC(=O)[C@H](CCCNC(N)=O)CC(=O)[C@@H](NC(=O)CCCCCN3C(=O)CC(SC)C3=O)C(C)C)cc2)O1. The Balaban J connectivity index is 0.908. The number of nitrogens with zero attached hydrogens (tertiary/aromatic N) is 1. The molecule has 1 aromatic carbocycles. The van der Waals surface area contributed by atoms with Crippen LogP contribution in [0.5, 0.6) is 0 Å². The quantitative estimate of drug-likeness (QED) is 0.0499. The summed E-state index contributed by atoms with van der Waals surface area (Å²) in [6, 6.07) is 5.11. The topological polar surface area (TPSA) is 279 Å². The van der Waals surface area contributed by atoms with Gasteiger partial charge in [-0.05, 0) is 112 Å². The van der Waals surface area contributed by atoms with Crippen LogP contribution in [-0.2, 0) is 54.3 Å². The van der Waals surface area contributed by atoms with E-state index in [1.807, 2.05) is 19.9 Å². The normalized spacial score (nSPS) is 30.1. The number of unbranched alkanes of at least 4 members (excludes halogenated alkanes) is 2. The van der Waals surface area contributed by atoms with Gasteiger partial charge in [0, 0.05) is 67.2 Å². The zero-order valence-corrected chi connectivity index (χ0v) is 45.6. The monoisotopic (exact) mass is 1070 g/mol. The highest BCUT2D eigenvalue weighted by Gasteiger charge is 2.76. The van der Waals surface area contributed by atoms with E-state index in [0.29, 0.717) is 62.7 Å². The third-order valence-corrected chi connectivity index (χ3v) is 18.1. The number of primary amides is 1. The van der Waals surface area contributed by atoms with Gasteiger partial charge in [-0.3, -0.25) is 38.5 Å². The number of rotatable bonds is 25. The number of hydrogen-bond donors (Lipinski definition) is 6. The van der Waals surface area contributed by atoms with E-state index in [1.165, 1.54) is 16.7 Å². The zero-order chi connectivity index (χ0) is 55.1. The fourth-order valence-electron chi connectivity index (χ4n) is 13.3. The van der Waals surface area contributed by atoms with Crippen LogP contribution in [0.2, 0.25) is 0 Å². The van der Waals surface area contributed by atoms with Crippen molar-refractivity contribution in [2.45, 2.75) is 166 Å². The minimum atomic E-state index is -1.44. The molecule has 0 spiro atoms. The van der Waals surface area contributed by atoms with Gasteiger partial charge in [-0.15, -0.1) is 0 Å². The van der Waals surface area contributed by atoms with Crippen molar-refractivity contribution < 1.29 is 62.5 Å². The molecular formula is C56H78N6O13S. The first-order valence-electron chi connectivity index (χ1n) is 27.2. The molecule has 7 rings (SSSR count). The van der Waals surface area contributed by atoms with Crippen molar-refractivity contribution in [1.82, 2.24) is 20.9 Å². The molecule has 4 aliphatic carbocycles. The standard InChI is InChI=1S/C56H78N6O13S/c1-7-12-47-74-44-27-39-38-20-17-35-26-37(63)21-22-54(35,4)48(38)41(65)29-55(39,5)56(44,75-47)43(66)31-73-53(72)59-30-33-15-18-36(19-16-33)60-50(69)34(13-11-23-58-52(57)71)25-40(64)49(32(2)3)61-45(67)14-9-8-10-24-62-46(68)28-42(76-6)51(62)70/h15-16,18-19,21-22,26,32,34,38-39,41-42,44,47-49,65H,7-14,17,20,23-25,27-31H2,1-6H3,(H,59,72)(H,60,69)(H,61,67)(H3,57,58,71)/t34-,38+,39+,41+,42?,44-,47?,48-,49+,54+,55+,56-/m1/s1. The molecule has 19 nitrogen and oxygen atoms in total. The van der Waals surface area contributed by atoms with Gasteiger partial charge in [-0.25, -0.2) is 9.59 Å². The Kier molecular flexibility index (Phi) is 19.1. The van der Waals surface area contributed by atoms with Crippen molar-refractivity contribution in [3.8, 4) is 0 Å². The smallest absolute Gasteiger partial charge is 0.407 e. The van der Waals surface area contributed by atoms with Crippen molar-refractivity contribution in [1.29, 1.82) is 0 Å². The Labute approximate surface area is 449 Å². The second-order valence-electron chi connectivity index (χ2n) is 22.4. The summed E-state index contributed by atoms with van der Waals surface area (Å²) in [6.07, 6.45) is 10.3. The van der Waals surface area contributed by atoms with Crippen LogP contribution < -0.4 is 27.0 Å². The summed E-state index contributed by atoms with van der Waals surface area (Å²) in [7, 11) is 0. The number of aliphatic hydroxyl groups is 1. The van der Waals surface area contributed by atoms with Gasteiger partial charge in [0.1, 0.15) is 0 Å². The Morgan fingerprint density at radius 2 is 1.76 bits per heavy atom. The lowest BCUT2D eigenvalue weighted by Crippen LogP contribution is -2.63. The second kappa shape index (κ2) is 24.9. The van der Waals surface area contributed by atoms with E-state index in [0.717, 1.165) is 18.4 Å². The largest absolute Gasteiger partial charge is 0.441 e. The number of amides is 7. The molecule has 2 heterocycles. The van der Waals surface area contributed by atoms with Crippen LogP contribution >= 0.6 is 11.8 Å². The number of ether oxygens (including phenoxy) is 3. The number of aliphatic hydroxyl groups excluding tert-OH is 1. The van der Waals surface area contributed by atoms with Crippen molar-refractivity contribution in [3.05, 3.63) is 53.6 Å². The number of nitrogens with one attached hydrogen (secondary N) is 4. The Morgan fingerprint density at radius 1 is 1.01 bits per heavy atom. The number of nitrogens with two attached hydrogens (primary N) is 1. The summed E-state index contributed by atoms with van der Waals surface area (Å²) in [5.41, 5.74) is 4.60. The van der Waals surface area contributed by atoms with Crippen LogP contribution in [0, 0.1) is 40.4 Å². The molecule has 5 fully saturated rings. The molecule has 2 aliphatic heterocycles. The zero-order valence-electron chi connectivity index (χ0n) is 44.8. The number of allylic oxidation sites excluding steroid dienone is 4. The molecule has 7 amide bonds. The number of carbonyl (C=O) groups excluding carboxylic acids is 9. The molecule has 0 aromatic heterocycles.